The lowest BCUT2D eigenvalue weighted by Crippen LogP contribution is -2.51. The predicted molar refractivity (Wildman–Crippen MR) is 47.0 cm³/mol. The first-order valence-corrected chi connectivity index (χ1v) is 5.15. The van der Waals surface area contributed by atoms with Gasteiger partial charge < -0.3 is 20.1 Å². The Morgan fingerprint density at radius 1 is 1.69 bits per heavy atom. The molecule has 1 rings (SSSR count). The zero-order chi connectivity index (χ0) is 9.84. The quantitative estimate of drug-likeness (QED) is 0.614. The Morgan fingerprint density at radius 3 is 2.92 bits per heavy atom. The van der Waals surface area contributed by atoms with E-state index in [1.165, 1.54) is 16.7 Å². The Balaban J connectivity index is 2.57. The molecule has 2 amide bonds. The van der Waals surface area contributed by atoms with Gasteiger partial charge in [0, 0.05) is 12.3 Å². The minimum atomic E-state index is -1.18. The number of hydrogen-bond acceptors (Lipinski definition) is 4. The molecule has 0 bridgehead atoms. The number of carbonyl (C=O) groups excluding carboxylic acids is 2. The van der Waals surface area contributed by atoms with Gasteiger partial charge in [-0.1, -0.05) is 0 Å². The molecular weight excluding hydrogens is 192 g/mol. The van der Waals surface area contributed by atoms with Crippen molar-refractivity contribution in [3.05, 3.63) is 0 Å². The summed E-state index contributed by atoms with van der Waals surface area (Å²) in [6.45, 7) is 2.29. The molecule has 13 heavy (non-hydrogen) atoms. The van der Waals surface area contributed by atoms with E-state index in [9.17, 15) is 14.7 Å². The second-order valence-electron chi connectivity index (χ2n) is 2.64. The highest BCUT2D eigenvalue weighted by molar-refractivity contribution is 7.99. The molecule has 1 atom stereocenters. The minimum Gasteiger partial charge on any atom is -0.548 e. The molecule has 0 aliphatic carbocycles. The van der Waals surface area contributed by atoms with Gasteiger partial charge in [-0.15, -0.1) is 11.8 Å². The summed E-state index contributed by atoms with van der Waals surface area (Å²) in [7, 11) is 0. The molecule has 1 aliphatic rings. The summed E-state index contributed by atoms with van der Waals surface area (Å²) < 4.78 is 0. The van der Waals surface area contributed by atoms with E-state index in [0.29, 0.717) is 18.2 Å². The molecule has 74 valence electrons. The third-order valence-corrected chi connectivity index (χ3v) is 2.76. The first-order valence-electron chi connectivity index (χ1n) is 4.00. The average molecular weight is 203 g/mol. The van der Waals surface area contributed by atoms with Crippen LogP contribution in [0.2, 0.25) is 0 Å². The zero-order valence-corrected chi connectivity index (χ0v) is 8.10. The molecule has 1 heterocycles. The molecule has 6 heteroatoms. The number of thioether (sulfide) groups is 1. The standard InChI is InChI=1S/C7H12N2O3S/c1-2-8-7(12)9-4-13-3-5(9)6(10)11/h5H,2-4H2,1H3,(H,8,12)(H,10,11)/p-1/t5-/m0/s1. The fraction of sp³-hybridized carbons (Fsp3) is 0.714. The van der Waals surface area contributed by atoms with E-state index in [0.717, 1.165) is 0 Å². The molecule has 1 N–H and O–H groups in total. The van der Waals surface area contributed by atoms with Gasteiger partial charge in [-0.25, -0.2) is 4.79 Å². The Morgan fingerprint density at radius 2 is 2.38 bits per heavy atom. The Kier molecular flexibility index (Phi) is 3.41. The third-order valence-electron chi connectivity index (χ3n) is 1.74. The lowest BCUT2D eigenvalue weighted by atomic mass is 10.3. The van der Waals surface area contributed by atoms with Crippen LogP contribution in [0.25, 0.3) is 0 Å². The van der Waals surface area contributed by atoms with Gasteiger partial charge >= 0.3 is 6.03 Å². The highest BCUT2D eigenvalue weighted by Crippen LogP contribution is 2.20. The summed E-state index contributed by atoms with van der Waals surface area (Å²) in [5.41, 5.74) is 0. The molecule has 5 nitrogen and oxygen atoms in total. The largest absolute Gasteiger partial charge is 0.548 e. The van der Waals surface area contributed by atoms with Crippen molar-refractivity contribution in [1.82, 2.24) is 10.2 Å². The van der Waals surface area contributed by atoms with Crippen molar-refractivity contribution < 1.29 is 14.7 Å². The Hall–Kier alpha value is -0.910. The third kappa shape index (κ3) is 2.27. The summed E-state index contributed by atoms with van der Waals surface area (Å²) in [6.07, 6.45) is 0. The molecular formula is C7H11N2O3S-. The van der Waals surface area contributed by atoms with Crippen molar-refractivity contribution in [3.63, 3.8) is 0 Å². The number of nitrogens with zero attached hydrogens (tertiary/aromatic N) is 1. The summed E-state index contributed by atoms with van der Waals surface area (Å²) in [6, 6.07) is -1.11. The molecule has 1 fully saturated rings. The van der Waals surface area contributed by atoms with Gasteiger partial charge in [0.2, 0.25) is 0 Å². The second kappa shape index (κ2) is 4.36. The molecule has 0 spiro atoms. The van der Waals surface area contributed by atoms with Crippen LogP contribution in [0.15, 0.2) is 0 Å². The second-order valence-corrected chi connectivity index (χ2v) is 3.64. The van der Waals surface area contributed by atoms with Crippen LogP contribution >= 0.6 is 11.8 Å². The number of aliphatic carboxylic acids is 1. The van der Waals surface area contributed by atoms with Crippen molar-refractivity contribution in [3.8, 4) is 0 Å². The van der Waals surface area contributed by atoms with Gasteiger partial charge in [0.15, 0.2) is 0 Å². The summed E-state index contributed by atoms with van der Waals surface area (Å²) in [5.74, 6) is -0.347. The van der Waals surface area contributed by atoms with E-state index in [2.05, 4.69) is 5.32 Å². The molecule has 0 aromatic rings. The van der Waals surface area contributed by atoms with E-state index in [-0.39, 0.29) is 6.03 Å². The van der Waals surface area contributed by atoms with E-state index < -0.39 is 12.0 Å². The highest BCUT2D eigenvalue weighted by atomic mass is 32.2. The number of rotatable bonds is 2. The Bertz CT molecular complexity index is 222. The van der Waals surface area contributed by atoms with E-state index in [1.807, 2.05) is 0 Å². The van der Waals surface area contributed by atoms with E-state index >= 15 is 0 Å². The van der Waals surface area contributed by atoms with Crippen LogP contribution in [0, 0.1) is 0 Å². The minimum absolute atomic E-state index is 0.332. The first kappa shape index (κ1) is 10.2. The molecule has 0 radical (unpaired) electrons. The molecule has 0 aromatic carbocycles. The van der Waals surface area contributed by atoms with Crippen molar-refractivity contribution in [2.75, 3.05) is 18.2 Å². The van der Waals surface area contributed by atoms with Crippen LogP contribution in [0.5, 0.6) is 0 Å². The van der Waals surface area contributed by atoms with Crippen molar-refractivity contribution >= 4 is 23.8 Å². The number of urea groups is 1. The van der Waals surface area contributed by atoms with Crippen molar-refractivity contribution in [2.24, 2.45) is 0 Å². The van der Waals surface area contributed by atoms with Crippen LogP contribution in [0.3, 0.4) is 0 Å². The van der Waals surface area contributed by atoms with Gasteiger partial charge in [0.1, 0.15) is 0 Å². The van der Waals surface area contributed by atoms with Crippen LogP contribution in [-0.2, 0) is 4.79 Å². The predicted octanol–water partition coefficient (Wildman–Crippen LogP) is -1.16. The molecule has 0 saturated carbocycles. The van der Waals surface area contributed by atoms with Gasteiger partial charge in [0.05, 0.1) is 17.9 Å². The number of amides is 2. The number of carboxylic acids is 1. The van der Waals surface area contributed by atoms with Crippen LogP contribution in [-0.4, -0.2) is 41.1 Å². The van der Waals surface area contributed by atoms with Gasteiger partial charge in [-0.2, -0.15) is 0 Å². The molecule has 0 unspecified atom stereocenters. The van der Waals surface area contributed by atoms with Gasteiger partial charge in [-0.05, 0) is 6.92 Å². The zero-order valence-electron chi connectivity index (χ0n) is 7.28. The number of carbonyl (C=O) groups is 2. The maximum absolute atomic E-state index is 11.3. The van der Waals surface area contributed by atoms with Crippen LogP contribution < -0.4 is 10.4 Å². The van der Waals surface area contributed by atoms with Crippen molar-refractivity contribution in [2.45, 2.75) is 13.0 Å². The maximum atomic E-state index is 11.3. The van der Waals surface area contributed by atoms with Crippen LogP contribution in [0.4, 0.5) is 4.79 Å². The van der Waals surface area contributed by atoms with Crippen molar-refractivity contribution in [1.29, 1.82) is 0 Å². The normalized spacial score (nSPS) is 21.6. The molecule has 1 aliphatic heterocycles. The molecule has 1 saturated heterocycles. The number of hydrogen-bond donors (Lipinski definition) is 1. The summed E-state index contributed by atoms with van der Waals surface area (Å²) >= 11 is 1.42. The summed E-state index contributed by atoms with van der Waals surface area (Å²) in [5, 5.41) is 13.1. The van der Waals surface area contributed by atoms with E-state index in [4.69, 9.17) is 0 Å². The van der Waals surface area contributed by atoms with Gasteiger partial charge in [-0.3, -0.25) is 0 Å². The smallest absolute Gasteiger partial charge is 0.318 e. The Labute approximate surface area is 80.5 Å². The topological polar surface area (TPSA) is 72.5 Å². The lowest BCUT2D eigenvalue weighted by Gasteiger charge is -2.24. The average Bonchev–Trinajstić information content (AvgIpc) is 2.52. The van der Waals surface area contributed by atoms with E-state index in [1.54, 1.807) is 6.92 Å². The fourth-order valence-corrected chi connectivity index (χ4v) is 2.23. The number of carboxylic acid groups (broad SMARTS) is 1. The SMILES string of the molecule is CCNC(=O)N1CSC[C@H]1C(=O)[O-]. The molecule has 0 aromatic heterocycles. The van der Waals surface area contributed by atoms with Crippen LogP contribution in [0.1, 0.15) is 6.92 Å². The first-order chi connectivity index (χ1) is 6.16. The monoisotopic (exact) mass is 203 g/mol. The van der Waals surface area contributed by atoms with Gasteiger partial charge in [0.25, 0.3) is 0 Å². The maximum Gasteiger partial charge on any atom is 0.318 e. The fourth-order valence-electron chi connectivity index (χ4n) is 1.09. The number of nitrogens with one attached hydrogen (secondary N) is 1. The lowest BCUT2D eigenvalue weighted by molar-refractivity contribution is -0.309. The summed E-state index contributed by atoms with van der Waals surface area (Å²) in [4.78, 5) is 23.1. The highest BCUT2D eigenvalue weighted by Gasteiger charge is 2.29.